The molecule has 5 heteroatoms. The van der Waals surface area contributed by atoms with Crippen molar-refractivity contribution >= 4 is 11.8 Å². The summed E-state index contributed by atoms with van der Waals surface area (Å²) in [5.41, 5.74) is 0.666. The first-order valence-corrected chi connectivity index (χ1v) is 9.16. The largest absolute Gasteiger partial charge is 0.493 e. The van der Waals surface area contributed by atoms with E-state index in [1.807, 2.05) is 47.9 Å². The van der Waals surface area contributed by atoms with E-state index in [2.05, 4.69) is 13.8 Å². The molecule has 0 aliphatic carbocycles. The maximum Gasteiger partial charge on any atom is 0.253 e. The Balaban J connectivity index is 1.86. The van der Waals surface area contributed by atoms with Crippen molar-refractivity contribution in [1.29, 1.82) is 0 Å². The van der Waals surface area contributed by atoms with Gasteiger partial charge in [0, 0.05) is 38.2 Å². The molecule has 0 radical (unpaired) electrons. The Kier molecular flexibility index (Phi) is 6.85. The zero-order valence-corrected chi connectivity index (χ0v) is 15.8. The first-order chi connectivity index (χ1) is 11.9. The fourth-order valence-corrected chi connectivity index (χ4v) is 2.78. The third-order valence-electron chi connectivity index (χ3n) is 4.19. The van der Waals surface area contributed by atoms with Crippen molar-refractivity contribution in [3.05, 3.63) is 29.8 Å². The van der Waals surface area contributed by atoms with Crippen LogP contribution in [0.1, 0.15) is 44.5 Å². The summed E-state index contributed by atoms with van der Waals surface area (Å²) >= 11 is 0. The fourth-order valence-electron chi connectivity index (χ4n) is 2.78. The van der Waals surface area contributed by atoms with E-state index in [1.54, 1.807) is 0 Å². The first kappa shape index (κ1) is 19.3. The number of rotatable bonds is 6. The van der Waals surface area contributed by atoms with Crippen molar-refractivity contribution in [3.63, 3.8) is 0 Å². The average molecular weight is 346 g/mol. The second kappa shape index (κ2) is 8.88. The van der Waals surface area contributed by atoms with Crippen LogP contribution in [-0.4, -0.2) is 54.4 Å². The van der Waals surface area contributed by atoms with Crippen LogP contribution in [0, 0.1) is 11.8 Å². The molecule has 0 unspecified atom stereocenters. The molecule has 1 aliphatic rings. The van der Waals surface area contributed by atoms with Gasteiger partial charge in [-0.2, -0.15) is 0 Å². The van der Waals surface area contributed by atoms with Crippen LogP contribution in [0.5, 0.6) is 5.75 Å². The zero-order chi connectivity index (χ0) is 18.4. The second-order valence-electron chi connectivity index (χ2n) is 7.50. The summed E-state index contributed by atoms with van der Waals surface area (Å²) in [5, 5.41) is 0. The summed E-state index contributed by atoms with van der Waals surface area (Å²) < 4.78 is 5.65. The molecule has 1 heterocycles. The Morgan fingerprint density at radius 1 is 0.920 bits per heavy atom. The van der Waals surface area contributed by atoms with Crippen LogP contribution in [0.3, 0.4) is 0 Å². The van der Waals surface area contributed by atoms with Crippen molar-refractivity contribution in [2.75, 3.05) is 32.8 Å². The Bertz CT molecular complexity index is 573. The number of nitrogens with zero attached hydrogens (tertiary/aromatic N) is 2. The summed E-state index contributed by atoms with van der Waals surface area (Å²) in [6, 6.07) is 7.32. The van der Waals surface area contributed by atoms with E-state index in [0.717, 1.165) is 5.75 Å². The minimum Gasteiger partial charge on any atom is -0.493 e. The third kappa shape index (κ3) is 5.76. The molecule has 1 aromatic carbocycles. The molecular formula is C20H30N2O3. The van der Waals surface area contributed by atoms with E-state index in [0.29, 0.717) is 56.6 Å². The van der Waals surface area contributed by atoms with Crippen molar-refractivity contribution < 1.29 is 14.3 Å². The normalized spacial score (nSPS) is 15.0. The maximum absolute atomic E-state index is 12.6. The number of benzene rings is 1. The van der Waals surface area contributed by atoms with Crippen LogP contribution in [0.25, 0.3) is 0 Å². The molecule has 2 rings (SSSR count). The highest BCUT2D eigenvalue weighted by Gasteiger charge is 2.25. The van der Waals surface area contributed by atoms with Crippen LogP contribution in [0.15, 0.2) is 24.3 Å². The van der Waals surface area contributed by atoms with Gasteiger partial charge >= 0.3 is 0 Å². The van der Waals surface area contributed by atoms with Crippen LogP contribution in [0.2, 0.25) is 0 Å². The monoisotopic (exact) mass is 346 g/mol. The number of hydrogen-bond donors (Lipinski definition) is 0. The van der Waals surface area contributed by atoms with Gasteiger partial charge in [0.2, 0.25) is 5.91 Å². The van der Waals surface area contributed by atoms with Gasteiger partial charge in [0.15, 0.2) is 0 Å². The van der Waals surface area contributed by atoms with E-state index >= 15 is 0 Å². The Morgan fingerprint density at radius 2 is 1.48 bits per heavy atom. The molecule has 0 spiro atoms. The molecule has 1 aliphatic heterocycles. The highest BCUT2D eigenvalue weighted by atomic mass is 16.5. The summed E-state index contributed by atoms with van der Waals surface area (Å²) in [7, 11) is 0. The quantitative estimate of drug-likeness (QED) is 0.795. The zero-order valence-electron chi connectivity index (χ0n) is 15.8. The Hall–Kier alpha value is -2.04. The summed E-state index contributed by atoms with van der Waals surface area (Å²) in [6.07, 6.45) is 0.575. The van der Waals surface area contributed by atoms with Gasteiger partial charge in [0.05, 0.1) is 6.61 Å². The van der Waals surface area contributed by atoms with E-state index in [1.165, 1.54) is 0 Å². The second-order valence-corrected chi connectivity index (χ2v) is 7.50. The van der Waals surface area contributed by atoms with Crippen LogP contribution >= 0.6 is 0 Å². The van der Waals surface area contributed by atoms with Crippen molar-refractivity contribution in [2.45, 2.75) is 34.1 Å². The highest BCUT2D eigenvalue weighted by molar-refractivity contribution is 5.94. The minimum absolute atomic E-state index is 0.0198. The van der Waals surface area contributed by atoms with Crippen LogP contribution in [-0.2, 0) is 4.79 Å². The van der Waals surface area contributed by atoms with Gasteiger partial charge in [-0.15, -0.1) is 0 Å². The minimum atomic E-state index is 0.0198. The number of carbonyl (C=O) groups excluding carboxylic acids is 2. The van der Waals surface area contributed by atoms with E-state index in [-0.39, 0.29) is 11.8 Å². The van der Waals surface area contributed by atoms with Crippen LogP contribution < -0.4 is 4.74 Å². The molecule has 0 bridgehead atoms. The van der Waals surface area contributed by atoms with E-state index in [9.17, 15) is 9.59 Å². The highest BCUT2D eigenvalue weighted by Crippen LogP contribution is 2.16. The van der Waals surface area contributed by atoms with Gasteiger partial charge in [0.25, 0.3) is 5.91 Å². The van der Waals surface area contributed by atoms with Crippen molar-refractivity contribution in [2.24, 2.45) is 11.8 Å². The number of carbonyl (C=O) groups is 2. The Labute approximate surface area is 150 Å². The molecule has 0 saturated carbocycles. The van der Waals surface area contributed by atoms with Gasteiger partial charge in [0.1, 0.15) is 5.75 Å². The predicted molar refractivity (Wildman–Crippen MR) is 98.7 cm³/mol. The summed E-state index contributed by atoms with van der Waals surface area (Å²) in [4.78, 5) is 28.4. The van der Waals surface area contributed by atoms with Gasteiger partial charge in [-0.3, -0.25) is 9.59 Å². The van der Waals surface area contributed by atoms with Gasteiger partial charge in [-0.05, 0) is 36.1 Å². The van der Waals surface area contributed by atoms with Gasteiger partial charge in [-0.25, -0.2) is 0 Å². The Morgan fingerprint density at radius 3 is 2.00 bits per heavy atom. The molecule has 1 fully saturated rings. The predicted octanol–water partition coefficient (Wildman–Crippen LogP) is 3.05. The standard InChI is InChI=1S/C20H30N2O3/c1-15(2)13-19(23)21-9-11-22(12-10-21)20(24)17-5-7-18(8-6-17)25-14-16(3)4/h5-8,15-16H,9-14H2,1-4H3. The topological polar surface area (TPSA) is 49.9 Å². The van der Waals surface area contributed by atoms with E-state index < -0.39 is 0 Å². The lowest BCUT2D eigenvalue weighted by molar-refractivity contribution is -0.133. The molecule has 0 aromatic heterocycles. The summed E-state index contributed by atoms with van der Waals surface area (Å²) in [5.74, 6) is 1.83. The van der Waals surface area contributed by atoms with E-state index in [4.69, 9.17) is 4.74 Å². The van der Waals surface area contributed by atoms with Gasteiger partial charge < -0.3 is 14.5 Å². The molecule has 1 saturated heterocycles. The molecule has 0 atom stereocenters. The maximum atomic E-state index is 12.6. The SMILES string of the molecule is CC(C)COc1ccc(C(=O)N2CCN(C(=O)CC(C)C)CC2)cc1. The number of ether oxygens (including phenoxy) is 1. The molecular weight excluding hydrogens is 316 g/mol. The van der Waals surface area contributed by atoms with Crippen molar-refractivity contribution in [1.82, 2.24) is 9.80 Å². The smallest absolute Gasteiger partial charge is 0.253 e. The van der Waals surface area contributed by atoms with Gasteiger partial charge in [-0.1, -0.05) is 27.7 Å². The number of hydrogen-bond acceptors (Lipinski definition) is 3. The average Bonchev–Trinajstić information content (AvgIpc) is 2.59. The molecule has 25 heavy (non-hydrogen) atoms. The lowest BCUT2D eigenvalue weighted by atomic mass is 10.1. The number of piperazine rings is 1. The molecule has 1 aromatic rings. The molecule has 138 valence electrons. The molecule has 0 N–H and O–H groups in total. The molecule has 2 amide bonds. The van der Waals surface area contributed by atoms with Crippen LogP contribution in [0.4, 0.5) is 0 Å². The molecule has 5 nitrogen and oxygen atoms in total. The lowest BCUT2D eigenvalue weighted by Gasteiger charge is -2.35. The first-order valence-electron chi connectivity index (χ1n) is 9.16. The lowest BCUT2D eigenvalue weighted by Crippen LogP contribution is -2.50. The fraction of sp³-hybridized carbons (Fsp3) is 0.600. The van der Waals surface area contributed by atoms with Crippen molar-refractivity contribution in [3.8, 4) is 5.75 Å². The third-order valence-corrected chi connectivity index (χ3v) is 4.19. The summed E-state index contributed by atoms with van der Waals surface area (Å²) in [6.45, 7) is 11.4. The number of amides is 2.